The number of halogens is 1. The average Bonchev–Trinajstić information content (AvgIpc) is 2.74. The van der Waals surface area contributed by atoms with Crippen molar-refractivity contribution in [2.75, 3.05) is 20.6 Å². The maximum absolute atomic E-state index is 9.75. The molecular weight excluding hydrogens is 392 g/mol. The number of hydrogen-bond acceptors (Lipinski definition) is 3. The molecule has 0 atom stereocenters. The van der Waals surface area contributed by atoms with Gasteiger partial charge in [0.2, 0.25) is 0 Å². The van der Waals surface area contributed by atoms with Gasteiger partial charge in [-0.1, -0.05) is 55.5 Å². The molecule has 1 aromatic heterocycles. The van der Waals surface area contributed by atoms with E-state index in [-0.39, 0.29) is 18.2 Å². The highest BCUT2D eigenvalue weighted by molar-refractivity contribution is 5.98. The molecule has 3 rings (SSSR count). The van der Waals surface area contributed by atoms with Gasteiger partial charge >= 0.3 is 0 Å². The molecular formula is C26H31ClN2O. The van der Waals surface area contributed by atoms with Gasteiger partial charge in [-0.15, -0.1) is 12.4 Å². The van der Waals surface area contributed by atoms with Gasteiger partial charge in [0.25, 0.3) is 0 Å². The predicted molar refractivity (Wildman–Crippen MR) is 129 cm³/mol. The van der Waals surface area contributed by atoms with E-state index in [1.54, 1.807) is 12.1 Å². The maximum Gasteiger partial charge on any atom is 0.115 e. The Morgan fingerprint density at radius 3 is 2.10 bits per heavy atom. The van der Waals surface area contributed by atoms with Crippen molar-refractivity contribution < 1.29 is 5.11 Å². The minimum Gasteiger partial charge on any atom is -0.508 e. The minimum atomic E-state index is 0. The molecule has 0 saturated carbocycles. The molecule has 0 unspecified atom stereocenters. The number of aromatic nitrogens is 1. The molecule has 4 heteroatoms. The Labute approximate surface area is 186 Å². The second kappa shape index (κ2) is 11.5. The summed E-state index contributed by atoms with van der Waals surface area (Å²) in [7, 11) is 4.20. The maximum atomic E-state index is 9.75. The van der Waals surface area contributed by atoms with E-state index >= 15 is 0 Å². The van der Waals surface area contributed by atoms with Crippen LogP contribution in [0, 0.1) is 0 Å². The van der Waals surface area contributed by atoms with Crippen LogP contribution in [-0.2, 0) is 6.42 Å². The highest BCUT2D eigenvalue weighted by atomic mass is 35.5. The summed E-state index contributed by atoms with van der Waals surface area (Å²) < 4.78 is 0. The van der Waals surface area contributed by atoms with Crippen LogP contribution < -0.4 is 0 Å². The quantitative estimate of drug-likeness (QED) is 0.447. The molecule has 158 valence electrons. The Hall–Kier alpha value is -2.62. The first-order valence-corrected chi connectivity index (χ1v) is 10.3. The summed E-state index contributed by atoms with van der Waals surface area (Å²) in [6.07, 6.45) is 4.98. The van der Waals surface area contributed by atoms with Crippen molar-refractivity contribution in [2.24, 2.45) is 0 Å². The third kappa shape index (κ3) is 6.19. The Kier molecular flexibility index (Phi) is 9.10. The van der Waals surface area contributed by atoms with Gasteiger partial charge in [-0.05, 0) is 80.4 Å². The van der Waals surface area contributed by atoms with Crippen molar-refractivity contribution in [3.05, 3.63) is 95.3 Å². The van der Waals surface area contributed by atoms with Gasteiger partial charge < -0.3 is 10.0 Å². The lowest BCUT2D eigenvalue weighted by Gasteiger charge is -2.16. The molecule has 3 nitrogen and oxygen atoms in total. The number of hydrogen-bond donors (Lipinski definition) is 1. The van der Waals surface area contributed by atoms with E-state index in [1.807, 2.05) is 24.4 Å². The molecule has 0 amide bonds. The molecule has 0 aliphatic rings. The molecule has 0 saturated heterocycles. The smallest absolute Gasteiger partial charge is 0.115 e. The fourth-order valence-electron chi connectivity index (χ4n) is 3.60. The Morgan fingerprint density at radius 1 is 0.867 bits per heavy atom. The molecule has 0 aliphatic heterocycles. The van der Waals surface area contributed by atoms with Crippen molar-refractivity contribution in [1.29, 1.82) is 0 Å². The second-order valence-electron chi connectivity index (χ2n) is 7.57. The Morgan fingerprint density at radius 2 is 1.53 bits per heavy atom. The van der Waals surface area contributed by atoms with Crippen LogP contribution >= 0.6 is 12.4 Å². The van der Waals surface area contributed by atoms with Gasteiger partial charge in [0.1, 0.15) is 5.75 Å². The standard InChI is InChI=1S/C26H30N2O.ClH/c1-4-25(20-9-6-5-7-10-20)26(21-13-16-24(29)17-14-21)22-12-15-23(27-19-22)11-8-18-28(2)3;/h5-7,9-10,12-17,19,29H,4,8,11,18H2,1-3H3;1H. The third-order valence-corrected chi connectivity index (χ3v) is 5.09. The van der Waals surface area contributed by atoms with Crippen LogP contribution in [0.15, 0.2) is 72.9 Å². The van der Waals surface area contributed by atoms with Crippen molar-refractivity contribution in [3.63, 3.8) is 0 Å². The van der Waals surface area contributed by atoms with Crippen LogP contribution in [0.25, 0.3) is 11.1 Å². The number of nitrogens with zero attached hydrogens (tertiary/aromatic N) is 2. The Balaban J connectivity index is 0.00000320. The zero-order valence-electron chi connectivity index (χ0n) is 18.0. The summed E-state index contributed by atoms with van der Waals surface area (Å²) >= 11 is 0. The number of allylic oxidation sites excluding steroid dienone is 1. The lowest BCUT2D eigenvalue weighted by Crippen LogP contribution is -2.13. The molecule has 30 heavy (non-hydrogen) atoms. The fraction of sp³-hybridized carbons (Fsp3) is 0.269. The first-order valence-electron chi connectivity index (χ1n) is 10.3. The summed E-state index contributed by atoms with van der Waals surface area (Å²) in [5.74, 6) is 0.278. The molecule has 2 aromatic carbocycles. The summed E-state index contributed by atoms with van der Waals surface area (Å²) in [5, 5.41) is 9.75. The normalized spacial score (nSPS) is 11.7. The lowest BCUT2D eigenvalue weighted by molar-refractivity contribution is 0.399. The van der Waals surface area contributed by atoms with Gasteiger partial charge in [0.05, 0.1) is 0 Å². The van der Waals surface area contributed by atoms with E-state index in [2.05, 4.69) is 62.3 Å². The SMILES string of the molecule is CCC(=C(c1ccc(O)cc1)c1ccc(CCCN(C)C)nc1)c1ccccc1.Cl. The molecule has 1 heterocycles. The van der Waals surface area contributed by atoms with E-state index in [1.165, 1.54) is 16.7 Å². The highest BCUT2D eigenvalue weighted by Gasteiger charge is 2.13. The average molecular weight is 423 g/mol. The minimum absolute atomic E-state index is 0. The monoisotopic (exact) mass is 422 g/mol. The summed E-state index contributed by atoms with van der Waals surface area (Å²) in [4.78, 5) is 6.95. The van der Waals surface area contributed by atoms with Gasteiger partial charge in [-0.3, -0.25) is 4.98 Å². The predicted octanol–water partition coefficient (Wildman–Crippen LogP) is 6.07. The van der Waals surface area contributed by atoms with Gasteiger partial charge in [0.15, 0.2) is 0 Å². The van der Waals surface area contributed by atoms with E-state index in [4.69, 9.17) is 4.98 Å². The summed E-state index contributed by atoms with van der Waals surface area (Å²) in [6, 6.07) is 22.3. The zero-order chi connectivity index (χ0) is 20.6. The van der Waals surface area contributed by atoms with E-state index < -0.39 is 0 Å². The number of phenolic OH excluding ortho intramolecular Hbond substituents is 1. The summed E-state index contributed by atoms with van der Waals surface area (Å²) in [6.45, 7) is 3.25. The number of phenols is 1. The van der Waals surface area contributed by atoms with Crippen LogP contribution in [0.3, 0.4) is 0 Å². The van der Waals surface area contributed by atoms with Gasteiger partial charge in [0, 0.05) is 17.5 Å². The molecule has 3 aromatic rings. The third-order valence-electron chi connectivity index (χ3n) is 5.09. The van der Waals surface area contributed by atoms with Crippen molar-refractivity contribution in [3.8, 4) is 5.75 Å². The number of benzene rings is 2. The van der Waals surface area contributed by atoms with Gasteiger partial charge in [-0.25, -0.2) is 0 Å². The molecule has 0 spiro atoms. The Bertz CT molecular complexity index is 933. The number of aryl methyl sites for hydroxylation is 1. The molecule has 0 bridgehead atoms. The van der Waals surface area contributed by atoms with E-state index in [9.17, 15) is 5.11 Å². The topological polar surface area (TPSA) is 36.4 Å². The first kappa shape index (κ1) is 23.7. The molecule has 0 fully saturated rings. The van der Waals surface area contributed by atoms with Crippen LogP contribution in [0.1, 0.15) is 42.1 Å². The number of aromatic hydroxyl groups is 1. The highest BCUT2D eigenvalue weighted by Crippen LogP contribution is 2.34. The number of pyridine rings is 1. The zero-order valence-corrected chi connectivity index (χ0v) is 18.8. The fourth-order valence-corrected chi connectivity index (χ4v) is 3.60. The largest absolute Gasteiger partial charge is 0.508 e. The molecule has 0 radical (unpaired) electrons. The van der Waals surface area contributed by atoms with E-state index in [0.717, 1.165) is 42.6 Å². The van der Waals surface area contributed by atoms with Crippen LogP contribution in [0.5, 0.6) is 5.75 Å². The molecule has 1 N–H and O–H groups in total. The molecule has 0 aliphatic carbocycles. The second-order valence-corrected chi connectivity index (χ2v) is 7.57. The van der Waals surface area contributed by atoms with Crippen molar-refractivity contribution in [1.82, 2.24) is 9.88 Å². The van der Waals surface area contributed by atoms with E-state index in [0.29, 0.717) is 0 Å². The number of rotatable bonds is 8. The van der Waals surface area contributed by atoms with Crippen LogP contribution in [-0.4, -0.2) is 35.6 Å². The van der Waals surface area contributed by atoms with Crippen molar-refractivity contribution >= 4 is 23.6 Å². The first-order chi connectivity index (χ1) is 14.1. The van der Waals surface area contributed by atoms with Crippen molar-refractivity contribution in [2.45, 2.75) is 26.2 Å². The summed E-state index contributed by atoms with van der Waals surface area (Å²) in [5.41, 5.74) is 6.98. The van der Waals surface area contributed by atoms with Crippen LogP contribution in [0.2, 0.25) is 0 Å². The van der Waals surface area contributed by atoms with Crippen LogP contribution in [0.4, 0.5) is 0 Å². The van der Waals surface area contributed by atoms with Gasteiger partial charge in [-0.2, -0.15) is 0 Å². The lowest BCUT2D eigenvalue weighted by atomic mass is 9.89.